The van der Waals surface area contributed by atoms with Gasteiger partial charge in [-0.15, -0.1) is 0 Å². The van der Waals surface area contributed by atoms with Crippen molar-refractivity contribution >= 4 is 11.9 Å². The first kappa shape index (κ1) is 20.8. The third-order valence-electron chi connectivity index (χ3n) is 4.87. The number of carbonyl (C=O) groups is 1. The second kappa shape index (κ2) is 10.0. The zero-order chi connectivity index (χ0) is 20.6. The molecule has 0 aromatic carbocycles. The predicted molar refractivity (Wildman–Crippen MR) is 114 cm³/mol. The van der Waals surface area contributed by atoms with Gasteiger partial charge in [-0.3, -0.25) is 4.79 Å². The molecule has 0 aliphatic carbocycles. The molecule has 2 aromatic heterocycles. The Hall–Kier alpha value is -2.90. The Kier molecular flexibility index (Phi) is 7.21. The van der Waals surface area contributed by atoms with Gasteiger partial charge in [0, 0.05) is 44.5 Å². The Morgan fingerprint density at radius 1 is 1.28 bits per heavy atom. The van der Waals surface area contributed by atoms with E-state index in [-0.39, 0.29) is 5.91 Å². The highest BCUT2D eigenvalue weighted by atomic mass is 16.2. The average Bonchev–Trinajstić information content (AvgIpc) is 3.27. The molecule has 8 nitrogen and oxygen atoms in total. The lowest BCUT2D eigenvalue weighted by Gasteiger charge is -2.16. The van der Waals surface area contributed by atoms with Crippen molar-refractivity contribution in [2.45, 2.75) is 46.6 Å². The maximum Gasteiger partial charge on any atom is 0.222 e. The van der Waals surface area contributed by atoms with Crippen LogP contribution in [0.2, 0.25) is 0 Å². The molecule has 0 radical (unpaired) electrons. The fraction of sp³-hybridized carbons (Fsp3) is 0.524. The van der Waals surface area contributed by atoms with Gasteiger partial charge < -0.3 is 15.5 Å². The summed E-state index contributed by atoms with van der Waals surface area (Å²) >= 11 is 0. The van der Waals surface area contributed by atoms with Crippen molar-refractivity contribution in [3.05, 3.63) is 41.3 Å². The third kappa shape index (κ3) is 5.79. The van der Waals surface area contributed by atoms with Crippen molar-refractivity contribution in [1.29, 1.82) is 0 Å². The number of pyridine rings is 1. The van der Waals surface area contributed by atoms with Gasteiger partial charge in [0.15, 0.2) is 11.8 Å². The van der Waals surface area contributed by atoms with Crippen LogP contribution in [0.15, 0.2) is 29.4 Å². The number of nitrogens with zero attached hydrogens (tertiary/aromatic N) is 5. The van der Waals surface area contributed by atoms with Crippen LogP contribution in [-0.4, -0.2) is 57.7 Å². The molecule has 8 heteroatoms. The zero-order valence-corrected chi connectivity index (χ0v) is 17.6. The summed E-state index contributed by atoms with van der Waals surface area (Å²) in [5.74, 6) is 1.87. The van der Waals surface area contributed by atoms with Crippen molar-refractivity contribution in [2.24, 2.45) is 4.99 Å². The lowest BCUT2D eigenvalue weighted by Crippen LogP contribution is -2.39. The van der Waals surface area contributed by atoms with Crippen LogP contribution in [0.4, 0.5) is 0 Å². The lowest BCUT2D eigenvalue weighted by atomic mass is 10.3. The summed E-state index contributed by atoms with van der Waals surface area (Å²) in [6.45, 7) is 9.88. The Balaban J connectivity index is 1.51. The predicted octanol–water partition coefficient (Wildman–Crippen LogP) is 1.95. The number of guanidine groups is 1. The highest BCUT2D eigenvalue weighted by Gasteiger charge is 2.18. The van der Waals surface area contributed by atoms with Gasteiger partial charge in [-0.2, -0.15) is 5.10 Å². The molecule has 2 aromatic rings. The van der Waals surface area contributed by atoms with E-state index in [2.05, 4.69) is 25.7 Å². The molecule has 0 unspecified atom stereocenters. The van der Waals surface area contributed by atoms with Crippen LogP contribution in [0.25, 0.3) is 5.82 Å². The first-order chi connectivity index (χ1) is 14.1. The van der Waals surface area contributed by atoms with Gasteiger partial charge in [-0.05, 0) is 51.3 Å². The molecule has 2 N–H and O–H groups in total. The van der Waals surface area contributed by atoms with Crippen LogP contribution in [0.1, 0.15) is 43.1 Å². The number of nitrogens with one attached hydrogen (secondary N) is 2. The largest absolute Gasteiger partial charge is 0.357 e. The molecule has 1 aliphatic rings. The summed E-state index contributed by atoms with van der Waals surface area (Å²) in [6.07, 6.45) is 4.44. The van der Waals surface area contributed by atoms with Crippen LogP contribution in [0, 0.1) is 13.8 Å². The van der Waals surface area contributed by atoms with Crippen molar-refractivity contribution in [3.8, 4) is 5.82 Å². The van der Waals surface area contributed by atoms with E-state index in [4.69, 9.17) is 0 Å². The van der Waals surface area contributed by atoms with Crippen molar-refractivity contribution in [2.75, 3.05) is 26.2 Å². The highest BCUT2D eigenvalue weighted by Crippen LogP contribution is 2.11. The van der Waals surface area contributed by atoms with Crippen LogP contribution in [0.3, 0.4) is 0 Å². The molecular formula is C21H31N7O. The second-order valence-corrected chi connectivity index (χ2v) is 7.32. The van der Waals surface area contributed by atoms with Crippen LogP contribution in [0.5, 0.6) is 0 Å². The molecular weight excluding hydrogens is 366 g/mol. The van der Waals surface area contributed by atoms with E-state index in [0.717, 1.165) is 67.7 Å². The Morgan fingerprint density at radius 3 is 2.76 bits per heavy atom. The second-order valence-electron chi connectivity index (χ2n) is 7.32. The number of amides is 1. The minimum Gasteiger partial charge on any atom is -0.357 e. The molecule has 1 amide bonds. The number of aryl methyl sites for hydroxylation is 2. The standard InChI is InChI=1S/C21H31N7O/c1-4-22-21(23-10-6-12-27-11-5-7-20(27)29)25-15-18-8-9-19(24-14-18)28-17(3)13-16(2)26-28/h8-9,13-14H,4-7,10-12,15H2,1-3H3,(H2,22,23,25). The summed E-state index contributed by atoms with van der Waals surface area (Å²) in [5.41, 5.74) is 3.08. The summed E-state index contributed by atoms with van der Waals surface area (Å²) in [4.78, 5) is 22.8. The van der Waals surface area contributed by atoms with Gasteiger partial charge >= 0.3 is 0 Å². The van der Waals surface area contributed by atoms with E-state index in [1.165, 1.54) is 0 Å². The van der Waals surface area contributed by atoms with Gasteiger partial charge in [0.25, 0.3) is 0 Å². The van der Waals surface area contributed by atoms with E-state index >= 15 is 0 Å². The Morgan fingerprint density at radius 2 is 2.14 bits per heavy atom. The SMILES string of the molecule is CCNC(=NCc1ccc(-n2nc(C)cc2C)nc1)NCCCN1CCCC1=O. The number of likely N-dealkylation sites (tertiary alicyclic amines) is 1. The molecule has 3 rings (SSSR count). The zero-order valence-electron chi connectivity index (χ0n) is 17.6. The molecule has 0 saturated carbocycles. The molecule has 156 valence electrons. The first-order valence-electron chi connectivity index (χ1n) is 10.4. The fourth-order valence-corrected chi connectivity index (χ4v) is 3.43. The summed E-state index contributed by atoms with van der Waals surface area (Å²) in [6, 6.07) is 6.04. The van der Waals surface area contributed by atoms with Gasteiger partial charge in [0.2, 0.25) is 5.91 Å². The van der Waals surface area contributed by atoms with Gasteiger partial charge in [0.05, 0.1) is 12.2 Å². The number of aliphatic imine (C=N–C) groups is 1. The molecule has 1 aliphatic heterocycles. The average molecular weight is 398 g/mol. The van der Waals surface area contributed by atoms with E-state index in [1.54, 1.807) is 0 Å². The van der Waals surface area contributed by atoms with Crippen molar-refractivity contribution < 1.29 is 4.79 Å². The van der Waals surface area contributed by atoms with E-state index in [1.807, 2.05) is 54.7 Å². The van der Waals surface area contributed by atoms with Crippen LogP contribution in [-0.2, 0) is 11.3 Å². The smallest absolute Gasteiger partial charge is 0.222 e. The van der Waals surface area contributed by atoms with Crippen LogP contribution >= 0.6 is 0 Å². The van der Waals surface area contributed by atoms with E-state index in [0.29, 0.717) is 13.0 Å². The summed E-state index contributed by atoms with van der Waals surface area (Å²) in [7, 11) is 0. The van der Waals surface area contributed by atoms with Gasteiger partial charge in [-0.1, -0.05) is 6.07 Å². The van der Waals surface area contributed by atoms with Gasteiger partial charge in [0.1, 0.15) is 0 Å². The maximum absolute atomic E-state index is 11.7. The first-order valence-corrected chi connectivity index (χ1v) is 10.4. The van der Waals surface area contributed by atoms with Crippen LogP contribution < -0.4 is 10.6 Å². The van der Waals surface area contributed by atoms with Gasteiger partial charge in [-0.25, -0.2) is 14.7 Å². The molecule has 1 saturated heterocycles. The van der Waals surface area contributed by atoms with E-state index in [9.17, 15) is 4.79 Å². The summed E-state index contributed by atoms with van der Waals surface area (Å²) in [5, 5.41) is 11.1. The van der Waals surface area contributed by atoms with Crippen molar-refractivity contribution in [1.82, 2.24) is 30.3 Å². The number of hydrogen-bond acceptors (Lipinski definition) is 4. The molecule has 0 bridgehead atoms. The maximum atomic E-state index is 11.7. The molecule has 0 spiro atoms. The quantitative estimate of drug-likeness (QED) is 0.404. The topological polar surface area (TPSA) is 87.4 Å². The molecule has 0 atom stereocenters. The molecule has 29 heavy (non-hydrogen) atoms. The van der Waals surface area contributed by atoms with Crippen molar-refractivity contribution in [3.63, 3.8) is 0 Å². The highest BCUT2D eigenvalue weighted by molar-refractivity contribution is 5.79. The number of rotatable bonds is 8. The Bertz CT molecular complexity index is 841. The Labute approximate surface area is 172 Å². The normalized spacial score (nSPS) is 14.5. The minimum atomic E-state index is 0.280. The fourth-order valence-electron chi connectivity index (χ4n) is 3.43. The number of carbonyl (C=O) groups excluding carboxylic acids is 1. The third-order valence-corrected chi connectivity index (χ3v) is 4.87. The minimum absolute atomic E-state index is 0.280. The van der Waals surface area contributed by atoms with E-state index < -0.39 is 0 Å². The lowest BCUT2D eigenvalue weighted by molar-refractivity contribution is -0.127. The number of hydrogen-bond donors (Lipinski definition) is 2. The molecule has 1 fully saturated rings. The number of aromatic nitrogens is 3. The monoisotopic (exact) mass is 397 g/mol. The summed E-state index contributed by atoms with van der Waals surface area (Å²) < 4.78 is 1.85. The molecule has 3 heterocycles.